The minimum absolute atomic E-state index is 0.323. The quantitative estimate of drug-likeness (QED) is 0.243. The van der Waals surface area contributed by atoms with Gasteiger partial charge in [-0.2, -0.15) is 5.10 Å². The summed E-state index contributed by atoms with van der Waals surface area (Å²) in [6.07, 6.45) is 3.37. The van der Waals surface area contributed by atoms with Crippen molar-refractivity contribution in [3.8, 4) is 23.0 Å². The number of para-hydroxylation sites is 1. The highest BCUT2D eigenvalue weighted by Gasteiger charge is 2.29. The Morgan fingerprint density at radius 1 is 0.974 bits per heavy atom. The molecule has 1 atom stereocenters. The van der Waals surface area contributed by atoms with Crippen LogP contribution in [-0.2, 0) is 14.8 Å². The molecule has 0 saturated carbocycles. The van der Waals surface area contributed by atoms with Gasteiger partial charge in [-0.15, -0.1) is 0 Å². The summed E-state index contributed by atoms with van der Waals surface area (Å²) in [5.74, 6) is 1.80. The lowest BCUT2D eigenvalue weighted by Crippen LogP contribution is -2.46. The van der Waals surface area contributed by atoms with Crippen LogP contribution in [0.1, 0.15) is 32.8 Å². The second kappa shape index (κ2) is 13.5. The highest BCUT2D eigenvalue weighted by atomic mass is 32.2. The maximum absolute atomic E-state index is 12.8. The zero-order valence-electron chi connectivity index (χ0n) is 22.0. The van der Waals surface area contributed by atoms with Crippen molar-refractivity contribution >= 4 is 27.8 Å². The van der Waals surface area contributed by atoms with E-state index in [1.165, 1.54) is 13.1 Å². The number of amides is 1. The first-order valence-electron chi connectivity index (χ1n) is 12.3. The van der Waals surface area contributed by atoms with Crippen LogP contribution in [0.3, 0.4) is 0 Å². The van der Waals surface area contributed by atoms with Crippen LogP contribution in [0, 0.1) is 0 Å². The van der Waals surface area contributed by atoms with Crippen molar-refractivity contribution in [1.29, 1.82) is 0 Å². The van der Waals surface area contributed by atoms with Crippen LogP contribution in [0.4, 0.5) is 5.69 Å². The number of hydrogen-bond donors (Lipinski definition) is 1. The molecular formula is C28H33N3O6S. The monoisotopic (exact) mass is 539 g/mol. The van der Waals surface area contributed by atoms with Crippen LogP contribution in [-0.4, -0.2) is 46.1 Å². The number of hydrazone groups is 1. The molecule has 0 aliphatic rings. The second-order valence-corrected chi connectivity index (χ2v) is 10.2. The molecule has 0 aliphatic carbocycles. The molecule has 0 spiro atoms. The highest BCUT2D eigenvalue weighted by Crippen LogP contribution is 2.29. The Kier molecular flexibility index (Phi) is 10.1. The summed E-state index contributed by atoms with van der Waals surface area (Å²) in [6.45, 7) is 6.43. The van der Waals surface area contributed by atoms with Gasteiger partial charge in [0.15, 0.2) is 11.5 Å². The Hall–Kier alpha value is -4.05. The van der Waals surface area contributed by atoms with Crippen molar-refractivity contribution in [1.82, 2.24) is 5.43 Å². The van der Waals surface area contributed by atoms with Crippen LogP contribution >= 0.6 is 0 Å². The van der Waals surface area contributed by atoms with E-state index in [0.29, 0.717) is 47.5 Å². The summed E-state index contributed by atoms with van der Waals surface area (Å²) in [5, 5.41) is 4.01. The molecule has 1 amide bonds. The molecule has 0 fully saturated rings. The van der Waals surface area contributed by atoms with E-state index in [-0.39, 0.29) is 0 Å². The van der Waals surface area contributed by atoms with Crippen LogP contribution in [0.15, 0.2) is 77.9 Å². The topological polar surface area (TPSA) is 107 Å². The molecule has 1 N–H and O–H groups in total. The van der Waals surface area contributed by atoms with Gasteiger partial charge in [-0.3, -0.25) is 9.10 Å². The van der Waals surface area contributed by atoms with E-state index in [4.69, 9.17) is 14.2 Å². The van der Waals surface area contributed by atoms with E-state index < -0.39 is 22.0 Å². The van der Waals surface area contributed by atoms with Crippen molar-refractivity contribution in [2.45, 2.75) is 33.2 Å². The predicted molar refractivity (Wildman–Crippen MR) is 149 cm³/mol. The number of nitrogens with zero attached hydrogens (tertiary/aromatic N) is 2. The molecule has 10 heteroatoms. The molecule has 9 nitrogen and oxygen atoms in total. The molecule has 0 unspecified atom stereocenters. The molecule has 0 saturated heterocycles. The van der Waals surface area contributed by atoms with Gasteiger partial charge in [0.2, 0.25) is 10.0 Å². The molecular weight excluding hydrogens is 506 g/mol. The maximum atomic E-state index is 12.8. The summed E-state index contributed by atoms with van der Waals surface area (Å²) < 4.78 is 43.4. The van der Waals surface area contributed by atoms with Gasteiger partial charge in [0.25, 0.3) is 5.91 Å². The van der Waals surface area contributed by atoms with Crippen molar-refractivity contribution in [2.75, 3.05) is 23.8 Å². The molecule has 0 aromatic heterocycles. The second-order valence-electron chi connectivity index (χ2n) is 8.37. The van der Waals surface area contributed by atoms with E-state index in [0.717, 1.165) is 17.0 Å². The Bertz CT molecular complexity index is 1330. The summed E-state index contributed by atoms with van der Waals surface area (Å²) in [4.78, 5) is 12.8. The Labute approximate surface area is 224 Å². The summed E-state index contributed by atoms with van der Waals surface area (Å²) in [6, 6.07) is 20.0. The number of nitrogens with one attached hydrogen (secondary N) is 1. The zero-order chi connectivity index (χ0) is 27.5. The molecule has 0 bridgehead atoms. The van der Waals surface area contributed by atoms with Gasteiger partial charge in [0.1, 0.15) is 17.5 Å². The maximum Gasteiger partial charge on any atom is 0.263 e. The molecule has 3 aromatic carbocycles. The van der Waals surface area contributed by atoms with Crippen molar-refractivity contribution in [3.63, 3.8) is 0 Å². The Balaban J connectivity index is 1.70. The molecule has 38 heavy (non-hydrogen) atoms. The normalized spacial score (nSPS) is 12.1. The van der Waals surface area contributed by atoms with Crippen LogP contribution < -0.4 is 23.9 Å². The highest BCUT2D eigenvalue weighted by molar-refractivity contribution is 7.92. The minimum Gasteiger partial charge on any atom is -0.490 e. The lowest BCUT2D eigenvalue weighted by molar-refractivity contribution is -0.121. The fourth-order valence-corrected chi connectivity index (χ4v) is 4.74. The number of rotatable bonds is 13. The van der Waals surface area contributed by atoms with Crippen molar-refractivity contribution < 1.29 is 27.4 Å². The molecule has 3 rings (SSSR count). The molecule has 202 valence electrons. The predicted octanol–water partition coefficient (Wildman–Crippen LogP) is 4.97. The molecule has 0 radical (unpaired) electrons. The van der Waals surface area contributed by atoms with Gasteiger partial charge in [-0.1, -0.05) is 25.1 Å². The number of anilines is 1. The van der Waals surface area contributed by atoms with E-state index in [1.807, 2.05) is 44.2 Å². The fourth-order valence-electron chi connectivity index (χ4n) is 3.56. The minimum atomic E-state index is -3.79. The van der Waals surface area contributed by atoms with Gasteiger partial charge in [-0.05, 0) is 80.4 Å². The first-order chi connectivity index (χ1) is 18.2. The fraction of sp³-hybridized carbons (Fsp3) is 0.286. The van der Waals surface area contributed by atoms with Crippen LogP contribution in [0.25, 0.3) is 0 Å². The van der Waals surface area contributed by atoms with Gasteiger partial charge in [0, 0.05) is 0 Å². The van der Waals surface area contributed by atoms with Gasteiger partial charge >= 0.3 is 0 Å². The number of benzene rings is 3. The molecule has 3 aromatic rings. The lowest BCUT2D eigenvalue weighted by Gasteiger charge is -2.27. The van der Waals surface area contributed by atoms with E-state index in [9.17, 15) is 13.2 Å². The Morgan fingerprint density at radius 2 is 1.66 bits per heavy atom. The van der Waals surface area contributed by atoms with E-state index in [1.54, 1.807) is 42.5 Å². The summed E-state index contributed by atoms with van der Waals surface area (Å²) >= 11 is 0. The number of carbonyl (C=O) groups excluding carboxylic acids is 1. The van der Waals surface area contributed by atoms with Gasteiger partial charge in [-0.25, -0.2) is 13.8 Å². The standard InChI is InChI=1S/C28H33N3O6S/c1-5-18-36-26-17-12-22(19-27(26)35-6-2)20-29-30-28(32)21(3)31(38(4,33)34)23-13-15-25(16-14-23)37-24-10-8-7-9-11-24/h7-17,19-21H,5-6,18H2,1-4H3,(H,30,32)/b29-20-/t21-/m0/s1. The average Bonchev–Trinajstić information content (AvgIpc) is 2.89. The first kappa shape index (κ1) is 28.5. The average molecular weight is 540 g/mol. The van der Waals surface area contributed by atoms with E-state index >= 15 is 0 Å². The Morgan fingerprint density at radius 3 is 2.29 bits per heavy atom. The first-order valence-corrected chi connectivity index (χ1v) is 14.1. The molecule has 0 aliphatic heterocycles. The third-order valence-electron chi connectivity index (χ3n) is 5.28. The molecule has 0 heterocycles. The summed E-state index contributed by atoms with van der Waals surface area (Å²) in [5.41, 5.74) is 3.43. The smallest absolute Gasteiger partial charge is 0.263 e. The SMILES string of the molecule is CCCOc1ccc(/C=N\NC(=O)[C@H](C)N(c2ccc(Oc3ccccc3)cc2)S(C)(=O)=O)cc1OCC. The van der Waals surface area contributed by atoms with Crippen molar-refractivity contribution in [2.24, 2.45) is 5.10 Å². The van der Waals surface area contributed by atoms with Gasteiger partial charge in [0.05, 0.1) is 31.4 Å². The third-order valence-corrected chi connectivity index (χ3v) is 6.52. The number of carbonyl (C=O) groups is 1. The summed E-state index contributed by atoms with van der Waals surface area (Å²) in [7, 11) is -3.79. The number of sulfonamides is 1. The number of hydrogen-bond acceptors (Lipinski definition) is 7. The van der Waals surface area contributed by atoms with E-state index in [2.05, 4.69) is 10.5 Å². The lowest BCUT2D eigenvalue weighted by atomic mass is 10.2. The van der Waals surface area contributed by atoms with Crippen LogP contribution in [0.5, 0.6) is 23.0 Å². The number of ether oxygens (including phenoxy) is 3. The largest absolute Gasteiger partial charge is 0.490 e. The third kappa shape index (κ3) is 7.97. The zero-order valence-corrected chi connectivity index (χ0v) is 22.8. The van der Waals surface area contributed by atoms with Crippen LogP contribution in [0.2, 0.25) is 0 Å². The van der Waals surface area contributed by atoms with Gasteiger partial charge < -0.3 is 14.2 Å². The van der Waals surface area contributed by atoms with Crippen molar-refractivity contribution in [3.05, 3.63) is 78.4 Å².